The van der Waals surface area contributed by atoms with Crippen LogP contribution in [0.5, 0.6) is 0 Å². The molecule has 3 aromatic rings. The maximum absolute atomic E-state index is 13.9. The molecule has 202 valence electrons. The van der Waals surface area contributed by atoms with E-state index >= 15 is 0 Å². The number of amides is 2. The minimum absolute atomic E-state index is 0.0201. The third kappa shape index (κ3) is 6.99. The van der Waals surface area contributed by atoms with Gasteiger partial charge in [-0.3, -0.25) is 13.9 Å². The van der Waals surface area contributed by atoms with Crippen LogP contribution in [0.3, 0.4) is 0 Å². The Labute approximate surface area is 238 Å². The first-order chi connectivity index (χ1) is 17.9. The van der Waals surface area contributed by atoms with Crippen molar-refractivity contribution in [3.63, 3.8) is 0 Å². The Morgan fingerprint density at radius 3 is 2.08 bits per heavy atom. The molecule has 0 fully saturated rings. The summed E-state index contributed by atoms with van der Waals surface area (Å²) in [6, 6.07) is 18.0. The highest BCUT2D eigenvalue weighted by atomic mass is 35.5. The average molecular weight is 597 g/mol. The van der Waals surface area contributed by atoms with Gasteiger partial charge in [0, 0.05) is 17.6 Å². The molecule has 0 aliphatic rings. The van der Waals surface area contributed by atoms with Crippen molar-refractivity contribution < 1.29 is 18.0 Å². The van der Waals surface area contributed by atoms with E-state index in [1.807, 2.05) is 0 Å². The zero-order valence-electron chi connectivity index (χ0n) is 21.1. The summed E-state index contributed by atoms with van der Waals surface area (Å²) in [6.07, 6.45) is 0. The van der Waals surface area contributed by atoms with Crippen LogP contribution in [-0.4, -0.2) is 43.8 Å². The highest BCUT2D eigenvalue weighted by Crippen LogP contribution is 2.35. The Hall–Kier alpha value is -2.78. The fourth-order valence-electron chi connectivity index (χ4n) is 3.72. The first kappa shape index (κ1) is 29.8. The van der Waals surface area contributed by atoms with Gasteiger partial charge in [0.25, 0.3) is 10.0 Å². The van der Waals surface area contributed by atoms with Crippen LogP contribution in [-0.2, 0) is 26.2 Å². The molecular formula is C27H28Cl3N3O4S. The van der Waals surface area contributed by atoms with Gasteiger partial charge in [-0.05, 0) is 56.7 Å². The smallest absolute Gasteiger partial charge is 0.264 e. The number of anilines is 1. The predicted molar refractivity (Wildman–Crippen MR) is 152 cm³/mol. The third-order valence-electron chi connectivity index (χ3n) is 5.71. The standard InChI is InChI=1S/C27H28Cl3N3O4S/c1-18(2)31-27(35)19(3)32(16-20-10-7-8-13-22(20)28)25(34)17-33(24-15-9-14-23(29)26(24)30)38(36,37)21-11-5-4-6-12-21/h4-15,18-19H,16-17H2,1-3H3,(H,31,35)/t19-/m1/s1. The van der Waals surface area contributed by atoms with Gasteiger partial charge in [-0.1, -0.05) is 77.3 Å². The van der Waals surface area contributed by atoms with Gasteiger partial charge >= 0.3 is 0 Å². The number of carbonyl (C=O) groups excluding carboxylic acids is 2. The molecule has 3 rings (SSSR count). The number of carbonyl (C=O) groups is 2. The summed E-state index contributed by atoms with van der Waals surface area (Å²) in [5.41, 5.74) is 0.637. The molecule has 1 N–H and O–H groups in total. The molecule has 0 bridgehead atoms. The Morgan fingerprint density at radius 1 is 0.842 bits per heavy atom. The Balaban J connectivity index is 2.08. The van der Waals surface area contributed by atoms with Gasteiger partial charge in [0.15, 0.2) is 0 Å². The quantitative estimate of drug-likeness (QED) is 0.321. The molecular weight excluding hydrogens is 569 g/mol. The lowest BCUT2D eigenvalue weighted by Crippen LogP contribution is -2.52. The van der Waals surface area contributed by atoms with E-state index in [1.54, 1.807) is 69.3 Å². The van der Waals surface area contributed by atoms with Crippen LogP contribution in [0.1, 0.15) is 26.3 Å². The lowest BCUT2D eigenvalue weighted by atomic mass is 10.1. The van der Waals surface area contributed by atoms with Crippen LogP contribution in [0.4, 0.5) is 5.69 Å². The van der Waals surface area contributed by atoms with Crippen molar-refractivity contribution in [1.82, 2.24) is 10.2 Å². The summed E-state index contributed by atoms with van der Waals surface area (Å²) < 4.78 is 28.4. The summed E-state index contributed by atoms with van der Waals surface area (Å²) in [6.45, 7) is 4.53. The van der Waals surface area contributed by atoms with Crippen molar-refractivity contribution in [3.8, 4) is 0 Å². The number of hydrogen-bond donors (Lipinski definition) is 1. The Kier molecular flexibility index (Phi) is 10.1. The molecule has 0 saturated heterocycles. The summed E-state index contributed by atoms with van der Waals surface area (Å²) in [4.78, 5) is 28.1. The SMILES string of the molecule is CC(C)NC(=O)[C@@H](C)N(Cc1ccccc1Cl)C(=O)CN(c1cccc(Cl)c1Cl)S(=O)(=O)c1ccccc1. The number of halogens is 3. The van der Waals surface area contributed by atoms with Crippen LogP contribution in [0.25, 0.3) is 0 Å². The van der Waals surface area contributed by atoms with Gasteiger partial charge in [-0.25, -0.2) is 8.42 Å². The lowest BCUT2D eigenvalue weighted by Gasteiger charge is -2.32. The van der Waals surface area contributed by atoms with E-state index in [1.165, 1.54) is 29.2 Å². The van der Waals surface area contributed by atoms with Crippen molar-refractivity contribution in [2.75, 3.05) is 10.8 Å². The highest BCUT2D eigenvalue weighted by molar-refractivity contribution is 7.92. The van der Waals surface area contributed by atoms with Crippen molar-refractivity contribution in [3.05, 3.63) is 93.4 Å². The molecule has 11 heteroatoms. The average Bonchev–Trinajstić information content (AvgIpc) is 2.88. The van der Waals surface area contributed by atoms with Gasteiger partial charge in [-0.15, -0.1) is 0 Å². The van der Waals surface area contributed by atoms with Crippen LogP contribution in [0.2, 0.25) is 15.1 Å². The van der Waals surface area contributed by atoms with Gasteiger partial charge in [0.2, 0.25) is 11.8 Å². The zero-order chi connectivity index (χ0) is 28.0. The maximum Gasteiger partial charge on any atom is 0.264 e. The van der Waals surface area contributed by atoms with Crippen molar-refractivity contribution in [1.29, 1.82) is 0 Å². The molecule has 0 aromatic heterocycles. The van der Waals surface area contributed by atoms with Gasteiger partial charge in [0.1, 0.15) is 12.6 Å². The highest BCUT2D eigenvalue weighted by Gasteiger charge is 2.34. The summed E-state index contributed by atoms with van der Waals surface area (Å²) in [7, 11) is -4.25. The maximum atomic E-state index is 13.9. The second-order valence-corrected chi connectivity index (χ2v) is 11.9. The van der Waals surface area contributed by atoms with Crippen LogP contribution in [0.15, 0.2) is 77.7 Å². The molecule has 0 spiro atoms. The number of nitrogens with one attached hydrogen (secondary N) is 1. The van der Waals surface area contributed by atoms with Crippen LogP contribution < -0.4 is 9.62 Å². The molecule has 1 atom stereocenters. The zero-order valence-corrected chi connectivity index (χ0v) is 24.2. The predicted octanol–water partition coefficient (Wildman–Crippen LogP) is 5.78. The van der Waals surface area contributed by atoms with Gasteiger partial charge < -0.3 is 10.2 Å². The molecule has 0 heterocycles. The topological polar surface area (TPSA) is 86.8 Å². The molecule has 0 unspecified atom stereocenters. The molecule has 7 nitrogen and oxygen atoms in total. The van der Waals surface area contributed by atoms with Crippen LogP contribution >= 0.6 is 34.8 Å². The first-order valence-electron chi connectivity index (χ1n) is 11.8. The minimum Gasteiger partial charge on any atom is -0.352 e. The largest absolute Gasteiger partial charge is 0.352 e. The van der Waals surface area contributed by atoms with Crippen molar-refractivity contribution in [2.24, 2.45) is 0 Å². The lowest BCUT2D eigenvalue weighted by molar-refractivity contribution is -0.139. The van der Waals surface area contributed by atoms with E-state index in [0.29, 0.717) is 10.6 Å². The fourth-order valence-corrected chi connectivity index (χ4v) is 5.81. The van der Waals surface area contributed by atoms with Gasteiger partial charge in [0.05, 0.1) is 20.6 Å². The fraction of sp³-hybridized carbons (Fsp3) is 0.259. The number of hydrogen-bond acceptors (Lipinski definition) is 4. The second-order valence-electron chi connectivity index (χ2n) is 8.85. The van der Waals surface area contributed by atoms with Crippen molar-refractivity contribution in [2.45, 2.75) is 44.3 Å². The summed E-state index contributed by atoms with van der Waals surface area (Å²) >= 11 is 19.0. The molecule has 0 aliphatic carbocycles. The minimum atomic E-state index is -4.25. The monoisotopic (exact) mass is 595 g/mol. The summed E-state index contributed by atoms with van der Waals surface area (Å²) in [5, 5.41) is 3.31. The first-order valence-corrected chi connectivity index (χ1v) is 14.4. The Bertz CT molecular complexity index is 1400. The molecule has 38 heavy (non-hydrogen) atoms. The van der Waals surface area contributed by atoms with E-state index in [-0.39, 0.29) is 33.2 Å². The number of rotatable bonds is 10. The molecule has 3 aromatic carbocycles. The van der Waals surface area contributed by atoms with Crippen LogP contribution in [0, 0.1) is 0 Å². The Morgan fingerprint density at radius 2 is 1.45 bits per heavy atom. The van der Waals surface area contributed by atoms with Crippen molar-refractivity contribution >= 4 is 62.3 Å². The normalized spacial score (nSPS) is 12.2. The number of sulfonamides is 1. The van der Waals surface area contributed by atoms with Gasteiger partial charge in [-0.2, -0.15) is 0 Å². The number of nitrogens with zero attached hydrogens (tertiary/aromatic N) is 2. The second kappa shape index (κ2) is 12.8. The molecule has 0 aliphatic heterocycles. The van der Waals surface area contributed by atoms with E-state index in [0.717, 1.165) is 4.31 Å². The molecule has 0 saturated carbocycles. The number of benzene rings is 3. The van der Waals surface area contributed by atoms with E-state index in [4.69, 9.17) is 34.8 Å². The van der Waals surface area contributed by atoms with E-state index in [9.17, 15) is 18.0 Å². The van der Waals surface area contributed by atoms with E-state index < -0.39 is 34.4 Å². The van der Waals surface area contributed by atoms with E-state index in [2.05, 4.69) is 5.32 Å². The third-order valence-corrected chi connectivity index (χ3v) is 8.66. The molecule has 2 amide bonds. The molecule has 0 radical (unpaired) electrons. The summed E-state index contributed by atoms with van der Waals surface area (Å²) in [5.74, 6) is -1.02.